The van der Waals surface area contributed by atoms with Gasteiger partial charge in [-0.25, -0.2) is 4.98 Å². The number of carboxylic acid groups (broad SMARTS) is 1. The van der Waals surface area contributed by atoms with Crippen LogP contribution in [0.4, 0.5) is 0 Å². The van der Waals surface area contributed by atoms with E-state index in [4.69, 9.17) is 0 Å². The van der Waals surface area contributed by atoms with E-state index in [0.717, 1.165) is 48.4 Å². The van der Waals surface area contributed by atoms with Gasteiger partial charge in [-0.2, -0.15) is 0 Å². The zero-order chi connectivity index (χ0) is 35.8. The van der Waals surface area contributed by atoms with Crippen LogP contribution >= 0.6 is 11.3 Å². The summed E-state index contributed by atoms with van der Waals surface area (Å²) in [5.74, 6) is -2.35. The van der Waals surface area contributed by atoms with E-state index in [1.54, 1.807) is 24.3 Å². The molecule has 266 valence electrons. The molecular formula is C37H57N5O5S. The van der Waals surface area contributed by atoms with E-state index >= 15 is 0 Å². The van der Waals surface area contributed by atoms with E-state index in [1.165, 1.54) is 11.3 Å². The van der Waals surface area contributed by atoms with Crippen LogP contribution in [-0.2, 0) is 27.2 Å². The molecule has 4 N–H and O–H groups in total. The molecule has 2 aromatic rings. The fraction of sp³-hybridized carbons (Fsp3) is 0.595. The lowest BCUT2D eigenvalue weighted by Gasteiger charge is -2.34. The highest BCUT2D eigenvalue weighted by Crippen LogP contribution is 2.22. The van der Waals surface area contributed by atoms with E-state index in [-0.39, 0.29) is 47.3 Å². The van der Waals surface area contributed by atoms with Gasteiger partial charge in [0.2, 0.25) is 11.8 Å². The van der Waals surface area contributed by atoms with E-state index in [1.807, 2.05) is 65.1 Å². The van der Waals surface area contributed by atoms with Gasteiger partial charge in [-0.15, -0.1) is 11.3 Å². The van der Waals surface area contributed by atoms with Crippen molar-refractivity contribution in [3.63, 3.8) is 0 Å². The zero-order valence-electron chi connectivity index (χ0n) is 29.9. The van der Waals surface area contributed by atoms with Crippen LogP contribution < -0.4 is 16.0 Å². The Kier molecular flexibility index (Phi) is 17.5. The van der Waals surface area contributed by atoms with E-state index in [9.17, 15) is 24.3 Å². The Morgan fingerprint density at radius 1 is 1.02 bits per heavy atom. The molecule has 3 amide bonds. The minimum absolute atomic E-state index is 0.0459. The summed E-state index contributed by atoms with van der Waals surface area (Å²) in [6.45, 7) is 14.5. The van der Waals surface area contributed by atoms with Crippen molar-refractivity contribution in [2.45, 2.75) is 104 Å². The van der Waals surface area contributed by atoms with Crippen LogP contribution in [0.1, 0.15) is 94.2 Å². The Morgan fingerprint density at radius 3 is 2.31 bits per heavy atom. The lowest BCUT2D eigenvalue weighted by atomic mass is 9.94. The summed E-state index contributed by atoms with van der Waals surface area (Å²) in [5, 5.41) is 21.1. The summed E-state index contributed by atoms with van der Waals surface area (Å²) in [7, 11) is 3.67. The summed E-state index contributed by atoms with van der Waals surface area (Å²) in [6.07, 6.45) is 5.33. The first-order valence-corrected chi connectivity index (χ1v) is 18.1. The standard InChI is InChI=1S/C37H57N5O5S/c1-9-25(4)33(41-34(43)26(5)15-13-14-20-38-7)36(45)42(8)31(24(2)3)18-19-32-40-30(23-48-32)35(44)39-29(21-27(6)37(46)47)22-28-16-11-10-12-17-28/h10-12,16-17,23,25-27,29,31,33,38H,2,9,13-15,18-22H2,1,3-8H3,(H,39,44)(H,41,43)(H,46,47)/t25-,26+,27-,29+,31+,33-/m0/s1. The smallest absolute Gasteiger partial charge is 0.306 e. The Morgan fingerprint density at radius 2 is 1.71 bits per heavy atom. The van der Waals surface area contributed by atoms with Gasteiger partial charge < -0.3 is 26.0 Å². The third-order valence-electron chi connectivity index (χ3n) is 9.06. The SMILES string of the molecule is C=C(C)[C@@H](CCc1nc(C(=O)N[C@@H](Cc2ccccc2)C[C@H](C)C(=O)O)cs1)N(C)C(=O)[C@@H](NC(=O)[C@H](C)CCCCNC)[C@@H](C)CC. The van der Waals surface area contributed by atoms with E-state index in [2.05, 4.69) is 27.5 Å². The number of aryl methyl sites for hydroxylation is 1. The maximum atomic E-state index is 13.9. The van der Waals surface area contributed by atoms with Crippen molar-refractivity contribution in [2.24, 2.45) is 17.8 Å². The van der Waals surface area contributed by atoms with Crippen LogP contribution in [-0.4, -0.2) is 77.4 Å². The number of carbonyl (C=O) groups is 4. The van der Waals surface area contributed by atoms with Gasteiger partial charge in [0.05, 0.1) is 17.0 Å². The van der Waals surface area contributed by atoms with Gasteiger partial charge in [-0.1, -0.05) is 83.0 Å². The molecule has 0 saturated carbocycles. The third-order valence-corrected chi connectivity index (χ3v) is 9.97. The number of likely N-dealkylation sites (N-methyl/N-ethyl adjacent to an activating group) is 1. The molecular weight excluding hydrogens is 627 g/mol. The van der Waals surface area contributed by atoms with Crippen LogP contribution in [0.3, 0.4) is 0 Å². The first kappa shape index (κ1) is 40.6. The number of aromatic nitrogens is 1. The number of amides is 3. The van der Waals surface area contributed by atoms with Gasteiger partial charge in [0.25, 0.3) is 5.91 Å². The third kappa shape index (κ3) is 13.1. The van der Waals surface area contributed by atoms with Crippen molar-refractivity contribution in [3.8, 4) is 0 Å². The number of unbranched alkanes of at least 4 members (excludes halogenated alkanes) is 1. The number of aliphatic carboxylic acids is 1. The van der Waals surface area contributed by atoms with Gasteiger partial charge in [0.15, 0.2) is 0 Å². The molecule has 10 nitrogen and oxygen atoms in total. The molecule has 0 unspecified atom stereocenters. The van der Waals surface area contributed by atoms with Gasteiger partial charge >= 0.3 is 5.97 Å². The predicted molar refractivity (Wildman–Crippen MR) is 193 cm³/mol. The molecule has 1 aromatic heterocycles. The highest BCUT2D eigenvalue weighted by molar-refractivity contribution is 7.09. The topological polar surface area (TPSA) is 141 Å². The van der Waals surface area contributed by atoms with Gasteiger partial charge in [0.1, 0.15) is 11.7 Å². The van der Waals surface area contributed by atoms with Gasteiger partial charge in [-0.3, -0.25) is 19.2 Å². The van der Waals surface area contributed by atoms with E-state index in [0.29, 0.717) is 25.7 Å². The van der Waals surface area contributed by atoms with Crippen molar-refractivity contribution < 1.29 is 24.3 Å². The Labute approximate surface area is 291 Å². The van der Waals surface area contributed by atoms with Crippen LogP contribution in [0.25, 0.3) is 0 Å². The number of carbonyl (C=O) groups excluding carboxylic acids is 3. The van der Waals surface area contributed by atoms with E-state index < -0.39 is 17.9 Å². The van der Waals surface area contributed by atoms with Crippen LogP contribution in [0.5, 0.6) is 0 Å². The minimum Gasteiger partial charge on any atom is -0.481 e. The quantitative estimate of drug-likeness (QED) is 0.0951. The Bertz CT molecular complexity index is 1330. The molecule has 0 aliphatic rings. The molecule has 1 heterocycles. The number of thiazole rings is 1. The van der Waals surface area contributed by atoms with Gasteiger partial charge in [0, 0.05) is 30.8 Å². The highest BCUT2D eigenvalue weighted by atomic mass is 32.1. The van der Waals surface area contributed by atoms with Crippen molar-refractivity contribution in [1.29, 1.82) is 0 Å². The van der Waals surface area contributed by atoms with Crippen molar-refractivity contribution in [2.75, 3.05) is 20.6 Å². The maximum Gasteiger partial charge on any atom is 0.306 e. The molecule has 0 bridgehead atoms. The van der Waals surface area contributed by atoms with Gasteiger partial charge in [-0.05, 0) is 64.1 Å². The maximum absolute atomic E-state index is 13.9. The molecule has 2 rings (SSSR count). The average molecular weight is 684 g/mol. The lowest BCUT2D eigenvalue weighted by Crippen LogP contribution is -2.54. The number of benzene rings is 1. The molecule has 0 aliphatic carbocycles. The fourth-order valence-corrected chi connectivity index (χ4v) is 6.47. The zero-order valence-corrected chi connectivity index (χ0v) is 30.7. The monoisotopic (exact) mass is 683 g/mol. The number of nitrogens with one attached hydrogen (secondary N) is 3. The Hall–Kier alpha value is -3.57. The first-order valence-electron chi connectivity index (χ1n) is 17.2. The molecule has 48 heavy (non-hydrogen) atoms. The molecule has 1 aromatic carbocycles. The molecule has 0 aliphatic heterocycles. The van der Waals surface area contributed by atoms with Crippen LogP contribution in [0.15, 0.2) is 47.9 Å². The molecule has 0 radical (unpaired) electrons. The number of hydrogen-bond acceptors (Lipinski definition) is 7. The Balaban J connectivity index is 2.08. The van der Waals surface area contributed by atoms with Crippen molar-refractivity contribution in [1.82, 2.24) is 25.8 Å². The normalized spacial score (nSPS) is 15.0. The summed E-state index contributed by atoms with van der Waals surface area (Å²) in [6, 6.07) is 8.37. The fourth-order valence-electron chi connectivity index (χ4n) is 5.67. The van der Waals surface area contributed by atoms with Crippen molar-refractivity contribution in [3.05, 3.63) is 64.1 Å². The summed E-state index contributed by atoms with van der Waals surface area (Å²) < 4.78 is 0. The summed E-state index contributed by atoms with van der Waals surface area (Å²) >= 11 is 1.38. The number of nitrogens with zero attached hydrogens (tertiary/aromatic N) is 2. The summed E-state index contributed by atoms with van der Waals surface area (Å²) in [5.41, 5.74) is 2.12. The minimum atomic E-state index is -0.906. The van der Waals surface area contributed by atoms with Crippen molar-refractivity contribution >= 4 is 35.0 Å². The first-order chi connectivity index (χ1) is 22.8. The van der Waals surface area contributed by atoms with Crippen LogP contribution in [0.2, 0.25) is 0 Å². The van der Waals surface area contributed by atoms with Crippen LogP contribution in [0, 0.1) is 17.8 Å². The molecule has 0 spiro atoms. The molecule has 0 saturated heterocycles. The average Bonchev–Trinajstić information content (AvgIpc) is 3.54. The number of carboxylic acids is 1. The summed E-state index contributed by atoms with van der Waals surface area (Å²) in [4.78, 5) is 58.0. The largest absolute Gasteiger partial charge is 0.481 e. The second-order valence-corrected chi connectivity index (χ2v) is 14.1. The second-order valence-electron chi connectivity index (χ2n) is 13.2. The highest BCUT2D eigenvalue weighted by Gasteiger charge is 2.33. The lowest BCUT2D eigenvalue weighted by molar-refractivity contribution is -0.141. The molecule has 11 heteroatoms. The molecule has 0 fully saturated rings. The second kappa shape index (κ2) is 20.7. The number of rotatable bonds is 22. The molecule has 6 atom stereocenters. The number of hydrogen-bond donors (Lipinski definition) is 4. The predicted octanol–water partition coefficient (Wildman–Crippen LogP) is 5.49.